The smallest absolute Gasteiger partial charge is 0.274 e. The van der Waals surface area contributed by atoms with Crippen molar-refractivity contribution in [3.63, 3.8) is 0 Å². The van der Waals surface area contributed by atoms with E-state index in [4.69, 9.17) is 10.5 Å². The fourth-order valence-corrected chi connectivity index (χ4v) is 1.78. The molecule has 3 N–H and O–H groups in total. The van der Waals surface area contributed by atoms with Crippen molar-refractivity contribution in [2.24, 2.45) is 5.73 Å². The molecular formula is C15H17N3O2. The molecule has 104 valence electrons. The zero-order valence-electron chi connectivity index (χ0n) is 11.3. The molecule has 0 saturated carbocycles. The van der Waals surface area contributed by atoms with Crippen LogP contribution in [0.15, 0.2) is 42.6 Å². The van der Waals surface area contributed by atoms with Crippen LogP contribution in [0, 0.1) is 0 Å². The largest absolute Gasteiger partial charge is 0.380 e. The van der Waals surface area contributed by atoms with E-state index in [1.54, 1.807) is 25.4 Å². The number of nitrogens with two attached hydrogens (primary N) is 1. The number of amides is 1. The lowest BCUT2D eigenvalue weighted by Crippen LogP contribution is -2.14. The summed E-state index contributed by atoms with van der Waals surface area (Å²) in [5.41, 5.74) is 8.46. The van der Waals surface area contributed by atoms with Crippen LogP contribution in [-0.2, 0) is 17.9 Å². The SMILES string of the molecule is COCc1cccc(NC(=O)c2ccc(CN)cn2)c1. The van der Waals surface area contributed by atoms with Crippen molar-refractivity contribution in [2.45, 2.75) is 13.2 Å². The normalized spacial score (nSPS) is 10.3. The van der Waals surface area contributed by atoms with Gasteiger partial charge >= 0.3 is 0 Å². The van der Waals surface area contributed by atoms with E-state index in [9.17, 15) is 4.79 Å². The summed E-state index contributed by atoms with van der Waals surface area (Å²) in [4.78, 5) is 16.1. The Labute approximate surface area is 117 Å². The van der Waals surface area contributed by atoms with Crippen LogP contribution >= 0.6 is 0 Å². The molecule has 0 aliphatic heterocycles. The molecule has 20 heavy (non-hydrogen) atoms. The van der Waals surface area contributed by atoms with Gasteiger partial charge in [-0.25, -0.2) is 0 Å². The van der Waals surface area contributed by atoms with Crippen molar-refractivity contribution >= 4 is 11.6 Å². The van der Waals surface area contributed by atoms with Crippen LogP contribution in [0.3, 0.4) is 0 Å². The molecular weight excluding hydrogens is 254 g/mol. The summed E-state index contributed by atoms with van der Waals surface area (Å²) in [6.45, 7) is 0.918. The third-order valence-electron chi connectivity index (χ3n) is 2.79. The minimum Gasteiger partial charge on any atom is -0.380 e. The molecule has 0 unspecified atom stereocenters. The third-order valence-corrected chi connectivity index (χ3v) is 2.79. The Morgan fingerprint density at radius 2 is 2.15 bits per heavy atom. The summed E-state index contributed by atoms with van der Waals surface area (Å²) >= 11 is 0. The molecule has 1 aromatic carbocycles. The first-order valence-electron chi connectivity index (χ1n) is 6.27. The van der Waals surface area contributed by atoms with Crippen LogP contribution in [-0.4, -0.2) is 18.0 Å². The van der Waals surface area contributed by atoms with E-state index in [1.165, 1.54) is 0 Å². The Kier molecular flexibility index (Phi) is 4.81. The first kappa shape index (κ1) is 14.2. The summed E-state index contributed by atoms with van der Waals surface area (Å²) in [5.74, 6) is -0.247. The number of nitrogens with zero attached hydrogens (tertiary/aromatic N) is 1. The predicted octanol–water partition coefficient (Wildman–Crippen LogP) is 1.94. The van der Waals surface area contributed by atoms with E-state index < -0.39 is 0 Å². The molecule has 1 heterocycles. The zero-order valence-corrected chi connectivity index (χ0v) is 11.3. The molecule has 0 spiro atoms. The summed E-state index contributed by atoms with van der Waals surface area (Å²) in [6.07, 6.45) is 1.61. The van der Waals surface area contributed by atoms with E-state index in [0.717, 1.165) is 11.1 Å². The van der Waals surface area contributed by atoms with Crippen molar-refractivity contribution in [3.05, 3.63) is 59.4 Å². The topological polar surface area (TPSA) is 77.2 Å². The van der Waals surface area contributed by atoms with Gasteiger partial charge in [0, 0.05) is 25.5 Å². The molecule has 0 radical (unpaired) electrons. The van der Waals surface area contributed by atoms with Crippen LogP contribution in [0.5, 0.6) is 0 Å². The van der Waals surface area contributed by atoms with Gasteiger partial charge in [0.15, 0.2) is 0 Å². The van der Waals surface area contributed by atoms with Crippen LogP contribution in [0.4, 0.5) is 5.69 Å². The van der Waals surface area contributed by atoms with Gasteiger partial charge in [-0.15, -0.1) is 0 Å². The van der Waals surface area contributed by atoms with E-state index in [1.807, 2.05) is 24.3 Å². The van der Waals surface area contributed by atoms with Gasteiger partial charge in [-0.1, -0.05) is 18.2 Å². The number of methoxy groups -OCH3 is 1. The highest BCUT2D eigenvalue weighted by Crippen LogP contribution is 2.12. The van der Waals surface area contributed by atoms with E-state index >= 15 is 0 Å². The number of carbonyl (C=O) groups is 1. The summed E-state index contributed by atoms with van der Waals surface area (Å²) in [7, 11) is 1.63. The van der Waals surface area contributed by atoms with Gasteiger partial charge in [-0.3, -0.25) is 9.78 Å². The molecule has 0 fully saturated rings. The molecule has 5 nitrogen and oxygen atoms in total. The summed E-state index contributed by atoms with van der Waals surface area (Å²) < 4.78 is 5.06. The molecule has 0 bridgehead atoms. The Balaban J connectivity index is 2.08. The van der Waals surface area contributed by atoms with Crippen molar-refractivity contribution in [3.8, 4) is 0 Å². The number of pyridine rings is 1. The Bertz CT molecular complexity index is 582. The fourth-order valence-electron chi connectivity index (χ4n) is 1.78. The number of hydrogen-bond acceptors (Lipinski definition) is 4. The standard InChI is InChI=1S/C15H17N3O2/c1-20-10-11-3-2-4-13(7-11)18-15(19)14-6-5-12(8-16)9-17-14/h2-7,9H,8,10,16H2,1H3,(H,18,19). The molecule has 1 aromatic heterocycles. The van der Waals surface area contributed by atoms with Gasteiger partial charge in [0.2, 0.25) is 0 Å². The highest BCUT2D eigenvalue weighted by Gasteiger charge is 2.07. The number of ether oxygens (including phenoxy) is 1. The van der Waals surface area contributed by atoms with E-state index in [0.29, 0.717) is 24.5 Å². The van der Waals surface area contributed by atoms with Gasteiger partial charge in [0.25, 0.3) is 5.91 Å². The van der Waals surface area contributed by atoms with Crippen molar-refractivity contribution < 1.29 is 9.53 Å². The van der Waals surface area contributed by atoms with Gasteiger partial charge in [0.05, 0.1) is 6.61 Å². The van der Waals surface area contributed by atoms with Crippen molar-refractivity contribution in [1.82, 2.24) is 4.98 Å². The van der Waals surface area contributed by atoms with Gasteiger partial charge in [-0.05, 0) is 29.3 Å². The number of nitrogens with one attached hydrogen (secondary N) is 1. The van der Waals surface area contributed by atoms with Crippen LogP contribution in [0.2, 0.25) is 0 Å². The average Bonchev–Trinajstić information content (AvgIpc) is 2.48. The van der Waals surface area contributed by atoms with Gasteiger partial charge < -0.3 is 15.8 Å². The number of aromatic nitrogens is 1. The molecule has 5 heteroatoms. The van der Waals surface area contributed by atoms with E-state index in [2.05, 4.69) is 10.3 Å². The molecule has 0 saturated heterocycles. The minimum atomic E-state index is -0.247. The monoisotopic (exact) mass is 271 g/mol. The lowest BCUT2D eigenvalue weighted by molar-refractivity contribution is 0.102. The first-order valence-corrected chi connectivity index (χ1v) is 6.27. The molecule has 0 atom stereocenters. The number of rotatable bonds is 5. The summed E-state index contributed by atoms with van der Waals surface area (Å²) in [6, 6.07) is 11.0. The second-order valence-electron chi connectivity index (χ2n) is 4.34. The molecule has 2 rings (SSSR count). The van der Waals surface area contributed by atoms with Crippen molar-refractivity contribution in [1.29, 1.82) is 0 Å². The number of benzene rings is 1. The maximum Gasteiger partial charge on any atom is 0.274 e. The Hall–Kier alpha value is -2.24. The van der Waals surface area contributed by atoms with Crippen LogP contribution in [0.25, 0.3) is 0 Å². The van der Waals surface area contributed by atoms with E-state index in [-0.39, 0.29) is 5.91 Å². The van der Waals surface area contributed by atoms with Crippen LogP contribution < -0.4 is 11.1 Å². The Morgan fingerprint density at radius 1 is 1.30 bits per heavy atom. The number of carbonyl (C=O) groups excluding carboxylic acids is 1. The second-order valence-corrected chi connectivity index (χ2v) is 4.34. The maximum atomic E-state index is 12.0. The lowest BCUT2D eigenvalue weighted by atomic mass is 10.2. The zero-order chi connectivity index (χ0) is 14.4. The fraction of sp³-hybridized carbons (Fsp3) is 0.200. The number of anilines is 1. The number of hydrogen-bond donors (Lipinski definition) is 2. The highest BCUT2D eigenvalue weighted by atomic mass is 16.5. The lowest BCUT2D eigenvalue weighted by Gasteiger charge is -2.07. The minimum absolute atomic E-state index is 0.247. The van der Waals surface area contributed by atoms with Crippen LogP contribution in [0.1, 0.15) is 21.6 Å². The van der Waals surface area contributed by atoms with Gasteiger partial charge in [0.1, 0.15) is 5.69 Å². The Morgan fingerprint density at radius 3 is 2.80 bits per heavy atom. The maximum absolute atomic E-state index is 12.0. The molecule has 2 aromatic rings. The quantitative estimate of drug-likeness (QED) is 0.871. The highest BCUT2D eigenvalue weighted by molar-refractivity contribution is 6.02. The summed E-state index contributed by atoms with van der Waals surface area (Å²) in [5, 5.41) is 2.81. The second kappa shape index (κ2) is 6.79. The van der Waals surface area contributed by atoms with Crippen molar-refractivity contribution in [2.75, 3.05) is 12.4 Å². The first-order chi connectivity index (χ1) is 9.72. The molecule has 1 amide bonds. The molecule has 0 aliphatic rings. The molecule has 0 aliphatic carbocycles. The average molecular weight is 271 g/mol. The third kappa shape index (κ3) is 3.63. The predicted molar refractivity (Wildman–Crippen MR) is 77.2 cm³/mol. The van der Waals surface area contributed by atoms with Gasteiger partial charge in [-0.2, -0.15) is 0 Å².